The SMILES string of the molecule is O=C(/C(S)=C\c1ccc(-c2cccc(C(F)(F)F)c2)o1)N(C=S)Cc1ccccc1. The number of hydrogen-bond donors (Lipinski definition) is 1. The molecule has 0 radical (unpaired) electrons. The Morgan fingerprint density at radius 3 is 2.47 bits per heavy atom. The lowest BCUT2D eigenvalue weighted by atomic mass is 10.1. The van der Waals surface area contributed by atoms with Crippen LogP contribution >= 0.6 is 24.8 Å². The van der Waals surface area contributed by atoms with E-state index >= 15 is 0 Å². The van der Waals surface area contributed by atoms with E-state index in [1.807, 2.05) is 30.3 Å². The number of thiol groups is 1. The maximum absolute atomic E-state index is 12.9. The number of halogens is 3. The topological polar surface area (TPSA) is 33.5 Å². The molecule has 30 heavy (non-hydrogen) atoms. The molecule has 1 aromatic heterocycles. The summed E-state index contributed by atoms with van der Waals surface area (Å²) in [5.41, 5.74) is 1.66. The van der Waals surface area contributed by atoms with E-state index in [4.69, 9.17) is 16.6 Å². The fraction of sp³-hybridized carbons (Fsp3) is 0.0909. The van der Waals surface area contributed by atoms with Crippen LogP contribution in [0.3, 0.4) is 0 Å². The number of hydrogen-bond acceptors (Lipinski definition) is 4. The van der Waals surface area contributed by atoms with Crippen LogP contribution in [-0.2, 0) is 17.5 Å². The van der Waals surface area contributed by atoms with Crippen LogP contribution in [0.15, 0.2) is 76.1 Å². The Morgan fingerprint density at radius 2 is 1.80 bits per heavy atom. The Morgan fingerprint density at radius 1 is 1.07 bits per heavy atom. The molecule has 2 aromatic carbocycles. The van der Waals surface area contributed by atoms with Gasteiger partial charge in [-0.2, -0.15) is 13.2 Å². The Labute approximate surface area is 182 Å². The minimum absolute atomic E-state index is 0.0805. The van der Waals surface area contributed by atoms with Crippen LogP contribution in [0.2, 0.25) is 0 Å². The summed E-state index contributed by atoms with van der Waals surface area (Å²) in [5, 5.41) is 0. The average Bonchev–Trinajstić information content (AvgIpc) is 3.20. The van der Waals surface area contributed by atoms with Crippen LogP contribution in [0.5, 0.6) is 0 Å². The molecule has 0 aliphatic heterocycles. The Bertz CT molecular complexity index is 1080. The van der Waals surface area contributed by atoms with Gasteiger partial charge in [0.05, 0.1) is 22.5 Å². The smallest absolute Gasteiger partial charge is 0.416 e. The van der Waals surface area contributed by atoms with Crippen LogP contribution in [0, 0.1) is 0 Å². The van der Waals surface area contributed by atoms with E-state index in [0.29, 0.717) is 0 Å². The van der Waals surface area contributed by atoms with Crippen molar-refractivity contribution in [2.24, 2.45) is 0 Å². The van der Waals surface area contributed by atoms with Gasteiger partial charge in [0.25, 0.3) is 5.91 Å². The number of alkyl halides is 3. The summed E-state index contributed by atoms with van der Waals surface area (Å²) < 4.78 is 44.3. The molecule has 0 saturated heterocycles. The van der Waals surface area contributed by atoms with Gasteiger partial charge in [-0.25, -0.2) is 0 Å². The first-order valence-corrected chi connectivity index (χ1v) is 9.68. The standard InChI is InChI=1S/C22H16F3NO2S2/c23-22(24,25)17-8-4-7-16(11-17)19-10-9-18(28-19)12-20(30)21(27)26(14-29)13-15-5-2-1-3-6-15/h1-12,14,30H,13H2/b20-12+. The lowest BCUT2D eigenvalue weighted by molar-refractivity contribution is -0.137. The highest BCUT2D eigenvalue weighted by Gasteiger charge is 2.30. The van der Waals surface area contributed by atoms with E-state index in [2.05, 4.69) is 12.6 Å². The predicted octanol–water partition coefficient (Wildman–Crippen LogP) is 6.22. The molecule has 3 aromatic rings. The molecule has 0 saturated carbocycles. The zero-order valence-electron chi connectivity index (χ0n) is 15.5. The van der Waals surface area contributed by atoms with Crippen molar-refractivity contribution >= 4 is 42.3 Å². The monoisotopic (exact) mass is 447 g/mol. The minimum atomic E-state index is -4.45. The molecular weight excluding hydrogens is 431 g/mol. The molecule has 0 aliphatic carbocycles. The van der Waals surface area contributed by atoms with Gasteiger partial charge in [-0.15, -0.1) is 12.6 Å². The zero-order valence-corrected chi connectivity index (χ0v) is 17.2. The van der Waals surface area contributed by atoms with E-state index in [9.17, 15) is 18.0 Å². The molecule has 0 N–H and O–H groups in total. The summed E-state index contributed by atoms with van der Waals surface area (Å²) in [5.74, 6) is 0.107. The van der Waals surface area contributed by atoms with Crippen molar-refractivity contribution in [3.8, 4) is 11.3 Å². The van der Waals surface area contributed by atoms with Gasteiger partial charge in [0.1, 0.15) is 11.5 Å². The van der Waals surface area contributed by atoms with Crippen LogP contribution in [0.4, 0.5) is 13.2 Å². The third-order valence-electron chi connectivity index (χ3n) is 4.18. The molecule has 3 rings (SSSR count). The number of carbonyl (C=O) groups is 1. The normalized spacial score (nSPS) is 11.9. The molecule has 3 nitrogen and oxygen atoms in total. The van der Waals surface area contributed by atoms with E-state index < -0.39 is 17.6 Å². The summed E-state index contributed by atoms with van der Waals surface area (Å²) in [4.78, 5) is 14.0. The Kier molecular flexibility index (Phi) is 6.79. The van der Waals surface area contributed by atoms with Gasteiger partial charge in [-0.3, -0.25) is 4.79 Å². The summed E-state index contributed by atoms with van der Waals surface area (Å²) in [6, 6.07) is 17.2. The van der Waals surface area contributed by atoms with Crippen molar-refractivity contribution in [2.75, 3.05) is 0 Å². The largest absolute Gasteiger partial charge is 0.457 e. The lowest BCUT2D eigenvalue weighted by Gasteiger charge is -2.17. The molecule has 0 bridgehead atoms. The Balaban J connectivity index is 1.78. The van der Waals surface area contributed by atoms with Crippen molar-refractivity contribution in [3.05, 3.63) is 88.5 Å². The van der Waals surface area contributed by atoms with Crippen molar-refractivity contribution in [1.29, 1.82) is 0 Å². The quantitative estimate of drug-likeness (QED) is 0.277. The van der Waals surface area contributed by atoms with Crippen molar-refractivity contribution < 1.29 is 22.4 Å². The fourth-order valence-corrected chi connectivity index (χ4v) is 3.14. The molecule has 154 valence electrons. The zero-order chi connectivity index (χ0) is 21.7. The first-order chi connectivity index (χ1) is 14.3. The number of rotatable bonds is 6. The van der Waals surface area contributed by atoms with Crippen molar-refractivity contribution in [3.63, 3.8) is 0 Å². The minimum Gasteiger partial charge on any atom is -0.457 e. The number of nitrogens with zero attached hydrogens (tertiary/aromatic N) is 1. The highest BCUT2D eigenvalue weighted by atomic mass is 32.1. The van der Waals surface area contributed by atoms with E-state index in [0.717, 1.165) is 17.7 Å². The third kappa shape index (κ3) is 5.40. The predicted molar refractivity (Wildman–Crippen MR) is 117 cm³/mol. The Hall–Kier alpha value is -2.84. The lowest BCUT2D eigenvalue weighted by Crippen LogP contribution is -2.28. The van der Waals surface area contributed by atoms with Gasteiger partial charge < -0.3 is 9.32 Å². The van der Waals surface area contributed by atoms with Crippen LogP contribution in [-0.4, -0.2) is 16.3 Å². The van der Waals surface area contributed by atoms with Gasteiger partial charge in [-0.1, -0.05) is 54.7 Å². The van der Waals surface area contributed by atoms with Crippen molar-refractivity contribution in [1.82, 2.24) is 4.90 Å². The number of benzene rings is 2. The van der Waals surface area contributed by atoms with Gasteiger partial charge in [-0.05, 0) is 35.9 Å². The molecule has 1 heterocycles. The van der Waals surface area contributed by atoms with Gasteiger partial charge >= 0.3 is 6.18 Å². The molecule has 0 fully saturated rings. The van der Waals surface area contributed by atoms with Gasteiger partial charge in [0, 0.05) is 5.56 Å². The first-order valence-electron chi connectivity index (χ1n) is 8.76. The fourth-order valence-electron chi connectivity index (χ4n) is 2.72. The maximum atomic E-state index is 12.9. The summed E-state index contributed by atoms with van der Waals surface area (Å²) >= 11 is 9.19. The van der Waals surface area contributed by atoms with Crippen LogP contribution in [0.25, 0.3) is 17.4 Å². The number of amides is 1. The molecule has 0 spiro atoms. The van der Waals surface area contributed by atoms with E-state index in [1.165, 1.54) is 34.7 Å². The summed E-state index contributed by atoms with van der Waals surface area (Å²) in [6.45, 7) is 0.286. The second kappa shape index (κ2) is 9.32. The number of carbonyl (C=O) groups excluding carboxylic acids is 1. The van der Waals surface area contributed by atoms with Crippen LogP contribution < -0.4 is 0 Å². The molecular formula is C22H16F3NO2S2. The van der Waals surface area contributed by atoms with Gasteiger partial charge in [0.15, 0.2) is 0 Å². The highest BCUT2D eigenvalue weighted by molar-refractivity contribution is 7.85. The molecule has 0 atom stereocenters. The summed E-state index contributed by atoms with van der Waals surface area (Å²) in [6.07, 6.45) is -3.04. The summed E-state index contributed by atoms with van der Waals surface area (Å²) in [7, 11) is 0. The number of thiocarbonyl (C=S) groups is 1. The average molecular weight is 448 g/mol. The maximum Gasteiger partial charge on any atom is 0.416 e. The molecule has 0 aliphatic rings. The van der Waals surface area contributed by atoms with Gasteiger partial charge in [0.2, 0.25) is 0 Å². The highest BCUT2D eigenvalue weighted by Crippen LogP contribution is 2.33. The molecule has 1 amide bonds. The molecule has 8 heteroatoms. The van der Waals surface area contributed by atoms with Crippen molar-refractivity contribution in [2.45, 2.75) is 12.7 Å². The molecule has 0 unspecified atom stereocenters. The second-order valence-corrected chi connectivity index (χ2v) is 7.03. The van der Waals surface area contributed by atoms with E-state index in [1.54, 1.807) is 6.07 Å². The number of furan rings is 1. The first kappa shape index (κ1) is 21.9. The van der Waals surface area contributed by atoms with Crippen LogP contribution in [0.1, 0.15) is 16.9 Å². The third-order valence-corrected chi connectivity index (χ3v) is 4.76. The van der Waals surface area contributed by atoms with E-state index in [-0.39, 0.29) is 28.5 Å². The second-order valence-electron chi connectivity index (χ2n) is 6.33.